The summed E-state index contributed by atoms with van der Waals surface area (Å²) in [5, 5.41) is 7.53. The van der Waals surface area contributed by atoms with E-state index in [1.165, 1.54) is 12.4 Å². The first-order chi connectivity index (χ1) is 10.5. The largest absolute Gasteiger partial charge is 0.521 e. The van der Waals surface area contributed by atoms with Gasteiger partial charge in [0.2, 0.25) is 0 Å². The number of hydrogen-bond donors (Lipinski definition) is 1. The fourth-order valence-electron chi connectivity index (χ4n) is 2.16. The Bertz CT molecular complexity index is 795. The van der Waals surface area contributed by atoms with Gasteiger partial charge in [-0.1, -0.05) is 6.07 Å². The molecule has 123 valence electrons. The predicted octanol–water partition coefficient (Wildman–Crippen LogP) is 3.12. The maximum Gasteiger partial charge on any atom is 0.477 e. The van der Waals surface area contributed by atoms with Crippen LogP contribution in [0.1, 0.15) is 6.92 Å². The topological polar surface area (TPSA) is 60.7 Å². The third kappa shape index (κ3) is 4.65. The molecule has 0 atom stereocenters. The monoisotopic (exact) mass is 492 g/mol. The van der Waals surface area contributed by atoms with E-state index >= 15 is 0 Å². The van der Waals surface area contributed by atoms with Crippen molar-refractivity contribution in [1.82, 2.24) is 9.13 Å². The number of ether oxygens (including phenoxy) is 1. The molecule has 1 aromatic heterocycles. The number of benzene rings is 2. The van der Waals surface area contributed by atoms with E-state index in [9.17, 15) is 0 Å². The molecule has 0 spiro atoms. The van der Waals surface area contributed by atoms with Gasteiger partial charge in [0.1, 0.15) is 0 Å². The van der Waals surface area contributed by atoms with E-state index in [1.54, 1.807) is 7.11 Å². The average Bonchev–Trinajstić information content (AvgIpc) is 2.85. The van der Waals surface area contributed by atoms with Crippen molar-refractivity contribution in [2.24, 2.45) is 7.05 Å². The summed E-state index contributed by atoms with van der Waals surface area (Å²) in [6, 6.07) is 17.3. The molecule has 2 N–H and O–H groups in total. The Balaban J connectivity index is 0.000000478. The van der Waals surface area contributed by atoms with Crippen molar-refractivity contribution < 1.29 is 34.7 Å². The first-order valence-electron chi connectivity index (χ1n) is 6.76. The van der Waals surface area contributed by atoms with E-state index in [-0.39, 0.29) is 20.1 Å². The van der Waals surface area contributed by atoms with Crippen molar-refractivity contribution >= 4 is 17.0 Å². The van der Waals surface area contributed by atoms with Gasteiger partial charge in [0, 0.05) is 50.7 Å². The Kier molecular flexibility index (Phi) is 6.94. The molecule has 0 unspecified atom stereocenters. The number of para-hydroxylation sites is 2. The molecule has 0 fully saturated rings. The van der Waals surface area contributed by atoms with Gasteiger partial charge in [-0.05, 0) is 12.1 Å². The molecule has 0 aliphatic heterocycles. The van der Waals surface area contributed by atoms with Crippen molar-refractivity contribution in [3.05, 3.63) is 54.9 Å². The maximum absolute atomic E-state index is 7.53. The van der Waals surface area contributed by atoms with Gasteiger partial charge in [0.05, 0.1) is 14.0 Å². The molecule has 0 amide bonds. The molecule has 0 aliphatic rings. The second-order valence-electron chi connectivity index (χ2n) is 4.75. The molecule has 1 heterocycles. The number of carboxylic acid groups (broad SMARTS) is 1. The summed E-state index contributed by atoms with van der Waals surface area (Å²) in [5.41, 5.74) is 3.32. The SMILES string of the molecule is CC(O)=[OH+].COc1cc[c-]c(-n2[cH+]n(C)c3ccccc32)c1.[Ir]. The van der Waals surface area contributed by atoms with Gasteiger partial charge in [-0.3, -0.25) is 0 Å². The number of hydrogen-bond acceptors (Lipinski definition) is 1. The van der Waals surface area contributed by atoms with Crippen LogP contribution in [-0.4, -0.2) is 32.1 Å². The summed E-state index contributed by atoms with van der Waals surface area (Å²) in [6.07, 6.45) is 2.05. The van der Waals surface area contributed by atoms with Crippen LogP contribution in [0, 0.1) is 6.07 Å². The second-order valence-corrected chi connectivity index (χ2v) is 4.75. The molecule has 3 aromatic rings. The molecule has 3 rings (SSSR count). The van der Waals surface area contributed by atoms with Gasteiger partial charge in [-0.2, -0.15) is 6.07 Å². The Hall–Kier alpha value is -2.17. The van der Waals surface area contributed by atoms with Crippen molar-refractivity contribution in [2.75, 3.05) is 7.11 Å². The summed E-state index contributed by atoms with van der Waals surface area (Å²) in [6.45, 7) is 1.19. The standard InChI is InChI=1S/C15H14N2O.C2H4O2.Ir/c1-16-11-17(15-9-4-3-8-14(15)16)12-6-5-7-13(10-12)18-2;1-2(3)4;/h3-5,7-11H,1-2H3;1H3,(H,3,4);/p+1. The number of aliphatic carboxylic acids is 1. The van der Waals surface area contributed by atoms with Gasteiger partial charge in [0.25, 0.3) is 0 Å². The van der Waals surface area contributed by atoms with Crippen molar-refractivity contribution in [2.45, 2.75) is 6.92 Å². The van der Waals surface area contributed by atoms with E-state index < -0.39 is 5.97 Å². The van der Waals surface area contributed by atoms with Crippen LogP contribution >= 0.6 is 0 Å². The van der Waals surface area contributed by atoms with Gasteiger partial charge in [0.15, 0.2) is 17.4 Å². The molecule has 0 saturated carbocycles. The number of carboxylic acids is 1. The van der Waals surface area contributed by atoms with E-state index in [0.717, 1.165) is 17.0 Å². The number of aromatic nitrogens is 2. The van der Waals surface area contributed by atoms with Crippen LogP contribution in [-0.2, 0) is 27.2 Å². The Morgan fingerprint density at radius 2 is 1.87 bits per heavy atom. The van der Waals surface area contributed by atoms with Crippen LogP contribution < -0.4 is 4.74 Å². The number of rotatable bonds is 2. The van der Waals surface area contributed by atoms with E-state index in [4.69, 9.17) is 14.6 Å². The molecule has 2 aromatic carbocycles. The minimum atomic E-state index is -0.583. The molecule has 5 nitrogen and oxygen atoms in total. The van der Waals surface area contributed by atoms with Gasteiger partial charge >= 0.3 is 5.97 Å². The molecule has 0 aliphatic carbocycles. The summed E-state index contributed by atoms with van der Waals surface area (Å²) >= 11 is 0. The minimum absolute atomic E-state index is 0. The fraction of sp³-hybridized carbons (Fsp3) is 0.176. The third-order valence-corrected chi connectivity index (χ3v) is 3.06. The van der Waals surface area contributed by atoms with Crippen LogP contribution in [0.25, 0.3) is 16.7 Å². The smallest absolute Gasteiger partial charge is 0.477 e. The molecule has 6 heteroatoms. The Labute approximate surface area is 148 Å². The van der Waals surface area contributed by atoms with E-state index in [1.807, 2.05) is 37.4 Å². The number of imidazole rings is 1. The van der Waals surface area contributed by atoms with E-state index in [2.05, 4.69) is 33.7 Å². The molecule has 0 saturated heterocycles. The second kappa shape index (κ2) is 8.46. The normalized spacial score (nSPS) is 9.52. The van der Waals surface area contributed by atoms with Gasteiger partial charge < -0.3 is 14.6 Å². The zero-order chi connectivity index (χ0) is 16.1. The van der Waals surface area contributed by atoms with Gasteiger partial charge in [-0.15, -0.1) is 12.1 Å². The Morgan fingerprint density at radius 1 is 1.26 bits per heavy atom. The van der Waals surface area contributed by atoms with Gasteiger partial charge in [-0.25, -0.2) is 9.13 Å². The van der Waals surface area contributed by atoms with Crippen molar-refractivity contribution in [3.63, 3.8) is 0 Å². The predicted molar refractivity (Wildman–Crippen MR) is 87.3 cm³/mol. The molecule has 1 radical (unpaired) electrons. The molecular formula is C17H19IrN2O3+. The number of nitrogens with zero attached hydrogens (tertiary/aromatic N) is 2. The van der Waals surface area contributed by atoms with Crippen LogP contribution in [0.2, 0.25) is 0 Å². The zero-order valence-corrected chi connectivity index (χ0v) is 15.5. The van der Waals surface area contributed by atoms with Crippen LogP contribution in [0.5, 0.6) is 5.75 Å². The van der Waals surface area contributed by atoms with Crippen LogP contribution in [0.15, 0.2) is 48.8 Å². The van der Waals surface area contributed by atoms with Crippen LogP contribution in [0.4, 0.5) is 0 Å². The zero-order valence-electron chi connectivity index (χ0n) is 13.1. The summed E-state index contributed by atoms with van der Waals surface area (Å²) < 4.78 is 9.46. The fourth-order valence-corrected chi connectivity index (χ4v) is 2.16. The third-order valence-electron chi connectivity index (χ3n) is 3.06. The summed E-state index contributed by atoms with van der Waals surface area (Å²) in [4.78, 5) is 7.53. The minimum Gasteiger partial charge on any atom is -0.521 e. The van der Waals surface area contributed by atoms with E-state index in [0.29, 0.717) is 0 Å². The molecule has 0 bridgehead atoms. The number of fused-ring (bicyclic) bond motifs is 1. The average molecular weight is 492 g/mol. The summed E-state index contributed by atoms with van der Waals surface area (Å²) in [7, 11) is 3.71. The van der Waals surface area contributed by atoms with Crippen molar-refractivity contribution in [3.8, 4) is 11.4 Å². The first-order valence-corrected chi connectivity index (χ1v) is 6.76. The Morgan fingerprint density at radius 3 is 2.48 bits per heavy atom. The molecular weight excluding hydrogens is 472 g/mol. The summed E-state index contributed by atoms with van der Waals surface area (Å²) in [5.74, 6) is 0.254. The first kappa shape index (κ1) is 18.9. The quantitative estimate of drug-likeness (QED) is 0.442. The maximum atomic E-state index is 7.53. The van der Waals surface area contributed by atoms with Crippen LogP contribution in [0.3, 0.4) is 0 Å². The number of methoxy groups -OCH3 is 1. The molecule has 23 heavy (non-hydrogen) atoms. The number of aliphatic hydroxyl groups excluding tert-OH is 1. The van der Waals surface area contributed by atoms with Crippen molar-refractivity contribution in [1.29, 1.82) is 0 Å². The number of aryl methyl sites for hydroxylation is 1.